The number of primary amides is 2. The van der Waals surface area contributed by atoms with Gasteiger partial charge in [-0.1, -0.05) is 27.7 Å². The van der Waals surface area contributed by atoms with Gasteiger partial charge in [0.25, 0.3) is 0 Å². The summed E-state index contributed by atoms with van der Waals surface area (Å²) in [5.41, 5.74) is 9.93. The first-order valence-electron chi connectivity index (χ1n) is 12.8. The van der Waals surface area contributed by atoms with Gasteiger partial charge in [-0.05, 0) is 37.5 Å². The van der Waals surface area contributed by atoms with Crippen LogP contribution >= 0.6 is 0 Å². The first-order chi connectivity index (χ1) is 16.1. The molecule has 0 aromatic rings. The van der Waals surface area contributed by atoms with E-state index >= 15 is 0 Å². The topological polar surface area (TPSA) is 130 Å². The van der Waals surface area contributed by atoms with Gasteiger partial charge in [-0.2, -0.15) is 0 Å². The van der Waals surface area contributed by atoms with E-state index < -0.39 is 17.8 Å². The van der Waals surface area contributed by atoms with Crippen molar-refractivity contribution in [2.24, 2.45) is 23.3 Å². The van der Waals surface area contributed by atoms with Crippen LogP contribution in [-0.4, -0.2) is 86.0 Å². The van der Waals surface area contributed by atoms with Gasteiger partial charge in [0.1, 0.15) is 18.1 Å². The Hall–Kier alpha value is -1.62. The maximum atomic E-state index is 12.0. The SMILES string of the molecule is CC(C)C1OCCN1CCC(CCCCCOC(N)=O)(CCN1CCOC1C(C)C)OC(N)=O. The molecule has 10 heteroatoms. The van der Waals surface area contributed by atoms with Crippen LogP contribution in [0.1, 0.15) is 66.2 Å². The monoisotopic (exact) mass is 486 g/mol. The average molecular weight is 487 g/mol. The fraction of sp³-hybridized carbons (Fsp3) is 0.917. The molecule has 198 valence electrons. The Kier molecular flexibility index (Phi) is 11.8. The number of carbonyl (C=O) groups is 2. The lowest BCUT2D eigenvalue weighted by Crippen LogP contribution is -2.46. The van der Waals surface area contributed by atoms with E-state index in [0.29, 0.717) is 57.3 Å². The number of amides is 2. The van der Waals surface area contributed by atoms with Crippen molar-refractivity contribution >= 4 is 12.2 Å². The molecule has 0 aromatic carbocycles. The minimum atomic E-state index is -0.758. The fourth-order valence-electron chi connectivity index (χ4n) is 5.09. The van der Waals surface area contributed by atoms with Crippen LogP contribution in [-0.2, 0) is 18.9 Å². The van der Waals surface area contributed by atoms with Crippen molar-refractivity contribution in [3.8, 4) is 0 Å². The van der Waals surface area contributed by atoms with Gasteiger partial charge in [-0.3, -0.25) is 9.80 Å². The third-order valence-electron chi connectivity index (χ3n) is 6.74. The number of hydrogen-bond acceptors (Lipinski definition) is 8. The van der Waals surface area contributed by atoms with Crippen molar-refractivity contribution in [3.05, 3.63) is 0 Å². The molecule has 0 aromatic heterocycles. The van der Waals surface area contributed by atoms with Crippen LogP contribution in [0, 0.1) is 11.8 Å². The number of unbranched alkanes of at least 4 members (excludes halogenated alkanes) is 2. The number of nitrogens with zero attached hydrogens (tertiary/aromatic N) is 2. The molecule has 0 bridgehead atoms. The zero-order valence-electron chi connectivity index (χ0n) is 21.5. The molecular weight excluding hydrogens is 440 g/mol. The summed E-state index contributed by atoms with van der Waals surface area (Å²) >= 11 is 0. The normalized spacial score (nSPS) is 23.5. The predicted molar refractivity (Wildman–Crippen MR) is 129 cm³/mol. The lowest BCUT2D eigenvalue weighted by Gasteiger charge is -2.37. The minimum Gasteiger partial charge on any atom is -0.450 e. The summed E-state index contributed by atoms with van der Waals surface area (Å²) in [6.07, 6.45) is 3.07. The lowest BCUT2D eigenvalue weighted by atomic mass is 9.88. The van der Waals surface area contributed by atoms with Crippen LogP contribution in [0.4, 0.5) is 9.59 Å². The highest BCUT2D eigenvalue weighted by molar-refractivity contribution is 5.65. The highest BCUT2D eigenvalue weighted by Crippen LogP contribution is 2.32. The van der Waals surface area contributed by atoms with Crippen molar-refractivity contribution < 1.29 is 28.5 Å². The summed E-state index contributed by atoms with van der Waals surface area (Å²) in [7, 11) is 0. The Morgan fingerprint density at radius 2 is 1.38 bits per heavy atom. The molecule has 2 unspecified atom stereocenters. The molecule has 10 nitrogen and oxygen atoms in total. The van der Waals surface area contributed by atoms with Gasteiger partial charge in [0.15, 0.2) is 0 Å². The fourth-order valence-corrected chi connectivity index (χ4v) is 5.09. The molecule has 2 saturated heterocycles. The third-order valence-corrected chi connectivity index (χ3v) is 6.74. The van der Waals surface area contributed by atoms with E-state index in [9.17, 15) is 9.59 Å². The van der Waals surface area contributed by atoms with Crippen LogP contribution in [0.3, 0.4) is 0 Å². The summed E-state index contributed by atoms with van der Waals surface area (Å²) in [6.45, 7) is 13.6. The largest absolute Gasteiger partial charge is 0.450 e. The Balaban J connectivity index is 2.06. The molecule has 0 radical (unpaired) electrons. The molecule has 0 aliphatic carbocycles. The van der Waals surface area contributed by atoms with E-state index in [1.165, 1.54) is 0 Å². The molecular formula is C24H46N4O6. The van der Waals surface area contributed by atoms with Gasteiger partial charge in [-0.15, -0.1) is 0 Å². The van der Waals surface area contributed by atoms with Crippen molar-refractivity contribution in [2.45, 2.75) is 84.3 Å². The van der Waals surface area contributed by atoms with Gasteiger partial charge in [0, 0.05) is 39.0 Å². The smallest absolute Gasteiger partial charge is 0.405 e. The van der Waals surface area contributed by atoms with Crippen molar-refractivity contribution in [3.63, 3.8) is 0 Å². The maximum absolute atomic E-state index is 12.0. The Labute approximate surface area is 204 Å². The first kappa shape index (κ1) is 28.6. The Morgan fingerprint density at radius 3 is 1.82 bits per heavy atom. The molecule has 0 saturated carbocycles. The molecule has 2 aliphatic rings. The Morgan fingerprint density at radius 1 is 0.853 bits per heavy atom. The van der Waals surface area contributed by atoms with E-state index in [1.807, 2.05) is 0 Å². The zero-order chi connectivity index (χ0) is 25.1. The number of carbonyl (C=O) groups excluding carboxylic acids is 2. The van der Waals surface area contributed by atoms with Gasteiger partial charge < -0.3 is 30.4 Å². The molecule has 2 atom stereocenters. The van der Waals surface area contributed by atoms with Crippen LogP contribution in [0.2, 0.25) is 0 Å². The number of nitrogens with two attached hydrogens (primary N) is 2. The zero-order valence-corrected chi connectivity index (χ0v) is 21.5. The molecule has 2 rings (SSSR count). The second-order valence-corrected chi connectivity index (χ2v) is 10.2. The van der Waals surface area contributed by atoms with E-state index in [0.717, 1.165) is 39.0 Å². The van der Waals surface area contributed by atoms with Gasteiger partial charge in [0.05, 0.1) is 19.8 Å². The second kappa shape index (κ2) is 14.1. The summed E-state index contributed by atoms with van der Waals surface area (Å²) in [4.78, 5) is 27.5. The van der Waals surface area contributed by atoms with E-state index in [4.69, 9.17) is 30.4 Å². The molecule has 0 spiro atoms. The quantitative estimate of drug-likeness (QED) is 0.338. The Bertz CT molecular complexity index is 603. The summed E-state index contributed by atoms with van der Waals surface area (Å²) in [6, 6.07) is 0. The van der Waals surface area contributed by atoms with Gasteiger partial charge >= 0.3 is 12.2 Å². The highest BCUT2D eigenvalue weighted by Gasteiger charge is 2.38. The van der Waals surface area contributed by atoms with E-state index in [-0.39, 0.29) is 12.5 Å². The highest BCUT2D eigenvalue weighted by atomic mass is 16.6. The minimum absolute atomic E-state index is 0.0783. The summed E-state index contributed by atoms with van der Waals surface area (Å²) < 4.78 is 22.6. The number of ether oxygens (including phenoxy) is 4. The predicted octanol–water partition coefficient (Wildman–Crippen LogP) is 2.89. The lowest BCUT2D eigenvalue weighted by molar-refractivity contribution is -0.0485. The average Bonchev–Trinajstić information content (AvgIpc) is 3.42. The molecule has 2 amide bonds. The van der Waals surface area contributed by atoms with E-state index in [1.54, 1.807) is 0 Å². The molecule has 2 aliphatic heterocycles. The molecule has 34 heavy (non-hydrogen) atoms. The number of rotatable bonds is 15. The molecule has 2 heterocycles. The van der Waals surface area contributed by atoms with Crippen molar-refractivity contribution in [1.82, 2.24) is 9.80 Å². The van der Waals surface area contributed by atoms with Crippen molar-refractivity contribution in [2.75, 3.05) is 46.0 Å². The van der Waals surface area contributed by atoms with Crippen molar-refractivity contribution in [1.29, 1.82) is 0 Å². The summed E-state index contributed by atoms with van der Waals surface area (Å²) in [5, 5.41) is 0. The van der Waals surface area contributed by atoms with Crippen LogP contribution in [0.25, 0.3) is 0 Å². The van der Waals surface area contributed by atoms with Crippen LogP contribution in [0.5, 0.6) is 0 Å². The van der Waals surface area contributed by atoms with E-state index in [2.05, 4.69) is 37.5 Å². The van der Waals surface area contributed by atoms with Crippen LogP contribution in [0.15, 0.2) is 0 Å². The molecule has 2 fully saturated rings. The van der Waals surface area contributed by atoms with Crippen LogP contribution < -0.4 is 11.5 Å². The van der Waals surface area contributed by atoms with Gasteiger partial charge in [0.2, 0.25) is 0 Å². The maximum Gasteiger partial charge on any atom is 0.405 e. The second-order valence-electron chi connectivity index (χ2n) is 10.2. The molecule has 4 N–H and O–H groups in total. The summed E-state index contributed by atoms with van der Waals surface area (Å²) in [5.74, 6) is 0.764. The third kappa shape index (κ3) is 9.20. The standard InChI is InChI=1S/C24H46N4O6/c1-18(2)20-27(13-16-31-20)11-9-24(34-23(26)30,8-6-5-7-15-33-22(25)29)10-12-28-14-17-32-21(28)19(3)4/h18-21H,5-17H2,1-4H3,(H2,25,29)(H2,26,30). The number of hydrogen-bond donors (Lipinski definition) is 2. The first-order valence-corrected chi connectivity index (χ1v) is 12.8. The van der Waals surface area contributed by atoms with Gasteiger partial charge in [-0.25, -0.2) is 9.59 Å².